The Balaban J connectivity index is 1.35. The van der Waals surface area contributed by atoms with Gasteiger partial charge in [-0.3, -0.25) is 19.0 Å². The van der Waals surface area contributed by atoms with Crippen LogP contribution in [0.3, 0.4) is 0 Å². The third-order valence-corrected chi connectivity index (χ3v) is 9.01. The quantitative estimate of drug-likeness (QED) is 0.304. The first kappa shape index (κ1) is 30.4. The van der Waals surface area contributed by atoms with Crippen LogP contribution in [0.4, 0.5) is 5.69 Å². The zero-order valence-electron chi connectivity index (χ0n) is 24.8. The predicted octanol–water partition coefficient (Wildman–Crippen LogP) is 4.54. The number of thiazole rings is 1. The number of aromatic nitrogens is 1. The van der Waals surface area contributed by atoms with Crippen molar-refractivity contribution in [1.29, 1.82) is 0 Å². The number of benzene rings is 3. The van der Waals surface area contributed by atoms with Gasteiger partial charge >= 0.3 is 0 Å². The summed E-state index contributed by atoms with van der Waals surface area (Å²) in [7, 11) is 1.53. The molecule has 0 saturated carbocycles. The molecular weight excluding hydrogens is 612 g/mol. The number of halogens is 1. The minimum absolute atomic E-state index is 0.0536. The highest BCUT2D eigenvalue weighted by Gasteiger charge is 2.32. The maximum absolute atomic E-state index is 14.0. The van der Waals surface area contributed by atoms with Gasteiger partial charge in [0.1, 0.15) is 0 Å². The van der Waals surface area contributed by atoms with Gasteiger partial charge in [0.05, 0.1) is 29.0 Å². The second kappa shape index (κ2) is 13.1. The highest BCUT2D eigenvalue weighted by molar-refractivity contribution is 7.07. The van der Waals surface area contributed by atoms with E-state index in [4.69, 9.17) is 26.1 Å². The van der Waals surface area contributed by atoms with Crippen LogP contribution in [0.2, 0.25) is 5.02 Å². The van der Waals surface area contributed by atoms with E-state index in [0.717, 1.165) is 31.5 Å². The molecule has 0 bridgehead atoms. The lowest BCUT2D eigenvalue weighted by atomic mass is 9.95. The molecule has 11 heteroatoms. The molecule has 0 spiro atoms. The number of rotatable bonds is 8. The van der Waals surface area contributed by atoms with E-state index < -0.39 is 6.04 Å². The summed E-state index contributed by atoms with van der Waals surface area (Å²) in [5.74, 6) is 0.485. The minimum Gasteiger partial charge on any atom is -0.493 e. The van der Waals surface area contributed by atoms with Gasteiger partial charge in [-0.2, -0.15) is 0 Å². The van der Waals surface area contributed by atoms with Crippen LogP contribution in [0.15, 0.2) is 93.9 Å². The molecular formula is C34H31ClN4O5S. The molecule has 0 aliphatic carbocycles. The molecule has 4 aromatic rings. The third-order valence-electron chi connectivity index (χ3n) is 7.78. The molecule has 0 radical (unpaired) electrons. The van der Waals surface area contributed by atoms with Crippen molar-refractivity contribution in [3.8, 4) is 11.5 Å². The van der Waals surface area contributed by atoms with Crippen LogP contribution in [-0.4, -0.2) is 48.1 Å². The lowest BCUT2D eigenvalue weighted by Gasteiger charge is -2.25. The number of methoxy groups -OCH3 is 1. The molecule has 1 fully saturated rings. The van der Waals surface area contributed by atoms with Gasteiger partial charge in [0.2, 0.25) is 0 Å². The number of hydrogen-bond donors (Lipinski definition) is 1. The number of carbonyl (C=O) groups excluding carboxylic acids is 2. The molecule has 2 amide bonds. The van der Waals surface area contributed by atoms with Crippen LogP contribution in [0.25, 0.3) is 6.08 Å². The standard InChI is InChI=1S/C34H31ClN4O5S/c1-21-30(32(41)37-25-8-4-3-5-9-25)31(23-11-13-24(35)14-12-23)39-33(42)28(45-34(39)36-21)19-22-10-15-26(27(18-22)43-2)44-20-29(40)38-16-6-7-17-38/h3-5,8-15,18-19,31H,6-7,16-17,20H2,1-2H3,(H,37,41)/b28-19+/t31-/m1/s1. The molecule has 6 rings (SSSR count). The molecule has 2 aliphatic rings. The van der Waals surface area contributed by atoms with Crippen molar-refractivity contribution in [3.05, 3.63) is 120 Å². The predicted molar refractivity (Wildman–Crippen MR) is 175 cm³/mol. The number of carbonyl (C=O) groups is 2. The summed E-state index contributed by atoms with van der Waals surface area (Å²) in [5, 5.41) is 3.49. The minimum atomic E-state index is -0.720. The van der Waals surface area contributed by atoms with E-state index in [-0.39, 0.29) is 24.0 Å². The molecule has 2 aliphatic heterocycles. The molecule has 1 N–H and O–H groups in total. The number of fused-ring (bicyclic) bond motifs is 1. The Labute approximate surface area is 268 Å². The summed E-state index contributed by atoms with van der Waals surface area (Å²) >= 11 is 7.43. The van der Waals surface area contributed by atoms with Gasteiger partial charge in [0.25, 0.3) is 17.4 Å². The maximum atomic E-state index is 14.0. The van der Waals surface area contributed by atoms with E-state index in [1.807, 2.05) is 30.3 Å². The highest BCUT2D eigenvalue weighted by atomic mass is 35.5. The Morgan fingerprint density at radius 1 is 1.04 bits per heavy atom. The molecule has 1 atom stereocenters. The van der Waals surface area contributed by atoms with E-state index in [1.165, 1.54) is 18.4 Å². The first-order valence-electron chi connectivity index (χ1n) is 14.6. The van der Waals surface area contributed by atoms with Gasteiger partial charge in [-0.05, 0) is 73.4 Å². The third kappa shape index (κ3) is 6.43. The van der Waals surface area contributed by atoms with Crippen LogP contribution in [-0.2, 0) is 9.59 Å². The van der Waals surface area contributed by atoms with Crippen LogP contribution < -0.4 is 29.7 Å². The van der Waals surface area contributed by atoms with Crippen molar-refractivity contribution < 1.29 is 19.1 Å². The smallest absolute Gasteiger partial charge is 0.271 e. The normalized spacial score (nSPS) is 16.3. The van der Waals surface area contributed by atoms with Gasteiger partial charge in [-0.1, -0.05) is 59.3 Å². The summed E-state index contributed by atoms with van der Waals surface area (Å²) in [4.78, 5) is 47.2. The summed E-state index contributed by atoms with van der Waals surface area (Å²) < 4.78 is 13.3. The van der Waals surface area contributed by atoms with E-state index >= 15 is 0 Å². The SMILES string of the molecule is COc1cc(/C=c2/sc3n(c2=O)[C@H](c2ccc(Cl)cc2)C(C(=O)Nc2ccccc2)=C(C)N=3)ccc1OCC(=O)N1CCCC1. The average molecular weight is 643 g/mol. The first-order chi connectivity index (χ1) is 21.8. The molecule has 45 heavy (non-hydrogen) atoms. The molecule has 3 aromatic carbocycles. The summed E-state index contributed by atoms with van der Waals surface area (Å²) in [6, 6.07) is 20.8. The van der Waals surface area contributed by atoms with Crippen molar-refractivity contribution in [1.82, 2.24) is 9.47 Å². The van der Waals surface area contributed by atoms with Crippen LogP contribution in [0.5, 0.6) is 11.5 Å². The fourth-order valence-corrected chi connectivity index (χ4v) is 6.71. The van der Waals surface area contributed by atoms with Crippen molar-refractivity contribution in [2.24, 2.45) is 4.99 Å². The van der Waals surface area contributed by atoms with Crippen LogP contribution in [0.1, 0.15) is 36.9 Å². The zero-order chi connectivity index (χ0) is 31.5. The summed E-state index contributed by atoms with van der Waals surface area (Å²) in [6.07, 6.45) is 3.78. The monoisotopic (exact) mass is 642 g/mol. The van der Waals surface area contributed by atoms with Crippen LogP contribution >= 0.6 is 22.9 Å². The number of anilines is 1. The first-order valence-corrected chi connectivity index (χ1v) is 15.7. The van der Waals surface area contributed by atoms with Gasteiger partial charge in [-0.15, -0.1) is 0 Å². The highest BCUT2D eigenvalue weighted by Crippen LogP contribution is 2.32. The Morgan fingerprint density at radius 2 is 1.78 bits per heavy atom. The number of ether oxygens (including phenoxy) is 2. The number of para-hydroxylation sites is 1. The Kier molecular flexibility index (Phi) is 8.86. The number of amides is 2. The number of allylic oxidation sites excluding steroid dienone is 1. The molecule has 0 unspecified atom stereocenters. The Bertz CT molecular complexity index is 1960. The molecule has 1 saturated heterocycles. The Hall–Kier alpha value is -4.67. The molecule has 1 aromatic heterocycles. The van der Waals surface area contributed by atoms with E-state index in [2.05, 4.69) is 5.32 Å². The van der Waals surface area contributed by atoms with Crippen molar-refractivity contribution in [3.63, 3.8) is 0 Å². The van der Waals surface area contributed by atoms with Crippen molar-refractivity contribution in [2.75, 3.05) is 32.1 Å². The van der Waals surface area contributed by atoms with Crippen molar-refractivity contribution in [2.45, 2.75) is 25.8 Å². The fraction of sp³-hybridized carbons (Fsp3) is 0.235. The van der Waals surface area contributed by atoms with E-state index in [1.54, 1.807) is 64.9 Å². The number of likely N-dealkylation sites (tertiary alicyclic amines) is 1. The summed E-state index contributed by atoms with van der Waals surface area (Å²) in [5.41, 5.74) is 2.67. The van der Waals surface area contributed by atoms with E-state index in [0.29, 0.717) is 48.4 Å². The van der Waals surface area contributed by atoms with Gasteiger partial charge in [-0.25, -0.2) is 4.99 Å². The van der Waals surface area contributed by atoms with Gasteiger partial charge in [0, 0.05) is 23.8 Å². The maximum Gasteiger partial charge on any atom is 0.271 e. The lowest BCUT2D eigenvalue weighted by molar-refractivity contribution is -0.132. The average Bonchev–Trinajstić information content (AvgIpc) is 3.69. The summed E-state index contributed by atoms with van der Waals surface area (Å²) in [6.45, 7) is 3.22. The lowest BCUT2D eigenvalue weighted by Crippen LogP contribution is -2.40. The zero-order valence-corrected chi connectivity index (χ0v) is 26.4. The second-order valence-corrected chi connectivity index (χ2v) is 12.2. The largest absolute Gasteiger partial charge is 0.493 e. The number of nitrogens with zero attached hydrogens (tertiary/aromatic N) is 3. The van der Waals surface area contributed by atoms with Crippen LogP contribution in [0, 0.1) is 0 Å². The Morgan fingerprint density at radius 3 is 2.49 bits per heavy atom. The molecule has 230 valence electrons. The van der Waals surface area contributed by atoms with Gasteiger partial charge < -0.3 is 19.7 Å². The molecule has 3 heterocycles. The fourth-order valence-electron chi connectivity index (χ4n) is 5.53. The number of nitrogens with one attached hydrogen (secondary N) is 1. The number of hydrogen-bond acceptors (Lipinski definition) is 7. The van der Waals surface area contributed by atoms with E-state index in [9.17, 15) is 14.4 Å². The topological polar surface area (TPSA) is 102 Å². The van der Waals surface area contributed by atoms with Crippen molar-refractivity contribution >= 4 is 46.5 Å². The van der Waals surface area contributed by atoms with Gasteiger partial charge in [0.15, 0.2) is 22.9 Å². The molecule has 9 nitrogen and oxygen atoms in total. The second-order valence-electron chi connectivity index (χ2n) is 10.7.